The third kappa shape index (κ3) is 5.35. The quantitative estimate of drug-likeness (QED) is 0.117. The Hall–Kier alpha value is -3.94. The largest absolute Gasteiger partial charge is 0.396 e. The number of urea groups is 1. The molecule has 12 heteroatoms. The molecule has 3 aliphatic heterocycles. The lowest BCUT2D eigenvalue weighted by molar-refractivity contribution is -0.165. The molecule has 3 amide bonds. The first-order valence-electron chi connectivity index (χ1n) is 13.3. The van der Waals surface area contributed by atoms with Gasteiger partial charge in [0.05, 0.1) is 24.9 Å². The predicted octanol–water partition coefficient (Wildman–Crippen LogP) is 3.86. The number of benzene rings is 1. The maximum atomic E-state index is 13.8. The molecule has 2 saturated heterocycles. The summed E-state index contributed by atoms with van der Waals surface area (Å²) in [6.07, 6.45) is 4.14. The molecule has 4 rings (SSSR count). The Kier molecular flexibility index (Phi) is 8.94. The first-order chi connectivity index (χ1) is 18.5. The summed E-state index contributed by atoms with van der Waals surface area (Å²) in [7, 11) is 0. The maximum absolute atomic E-state index is 13.8. The van der Waals surface area contributed by atoms with E-state index in [-0.39, 0.29) is 30.9 Å². The molecule has 0 spiro atoms. The molecule has 12 nitrogen and oxygen atoms in total. The number of carbonyl (C=O) groups excluding carboxylic acids is 2. The van der Waals surface area contributed by atoms with Crippen LogP contribution in [-0.4, -0.2) is 70.1 Å². The summed E-state index contributed by atoms with van der Waals surface area (Å²) in [5.41, 5.74) is 10.6. The second-order valence-corrected chi connectivity index (χ2v) is 9.74. The van der Waals surface area contributed by atoms with Crippen molar-refractivity contribution >= 4 is 11.9 Å². The van der Waals surface area contributed by atoms with Gasteiger partial charge in [-0.25, -0.2) is 9.80 Å². The molecule has 2 unspecified atom stereocenters. The number of carbonyl (C=O) groups is 2. The molecule has 0 bridgehead atoms. The molecular weight excluding hydrogens is 486 g/mol. The molecule has 1 aromatic carbocycles. The van der Waals surface area contributed by atoms with Crippen molar-refractivity contribution in [3.05, 3.63) is 57.8 Å². The average Bonchev–Trinajstić information content (AvgIpc) is 3.25. The van der Waals surface area contributed by atoms with E-state index in [1.807, 2.05) is 47.1 Å². The number of rotatable bonds is 11. The van der Waals surface area contributed by atoms with Gasteiger partial charge in [-0.1, -0.05) is 63.4 Å². The normalized spacial score (nSPS) is 22.6. The van der Waals surface area contributed by atoms with Gasteiger partial charge in [0, 0.05) is 23.9 Å². The minimum Gasteiger partial charge on any atom is -0.396 e. The zero-order chi connectivity index (χ0) is 27.1. The van der Waals surface area contributed by atoms with Crippen molar-refractivity contribution in [1.29, 1.82) is 5.26 Å². The smallest absolute Gasteiger partial charge is 0.334 e. The number of hydrogen-bond donors (Lipinski definition) is 1. The number of unbranched alkanes of at least 4 members (excludes halogenated alkanes) is 3. The lowest BCUT2D eigenvalue weighted by atomic mass is 9.94. The van der Waals surface area contributed by atoms with Gasteiger partial charge in [-0.2, -0.15) is 10.3 Å². The molecule has 3 atom stereocenters. The average molecular weight is 522 g/mol. The van der Waals surface area contributed by atoms with Crippen LogP contribution in [-0.2, 0) is 16.2 Å². The molecule has 3 heterocycles. The highest BCUT2D eigenvalue weighted by atomic mass is 16.6. The summed E-state index contributed by atoms with van der Waals surface area (Å²) in [4.78, 5) is 39.5. The fourth-order valence-corrected chi connectivity index (χ4v) is 5.71. The van der Waals surface area contributed by atoms with E-state index >= 15 is 0 Å². The second kappa shape index (κ2) is 12.5. The Morgan fingerprint density at radius 3 is 2.74 bits per heavy atom. The van der Waals surface area contributed by atoms with E-state index in [4.69, 9.17) is 10.4 Å². The van der Waals surface area contributed by atoms with Crippen molar-refractivity contribution in [2.24, 2.45) is 11.2 Å². The van der Waals surface area contributed by atoms with E-state index in [1.165, 1.54) is 0 Å². The molecule has 0 aromatic heterocycles. The molecule has 38 heavy (non-hydrogen) atoms. The monoisotopic (exact) mass is 521 g/mol. The van der Waals surface area contributed by atoms with Crippen LogP contribution in [0.4, 0.5) is 4.79 Å². The van der Waals surface area contributed by atoms with Crippen LogP contribution >= 0.6 is 0 Å². The van der Waals surface area contributed by atoms with Crippen LogP contribution in [0.25, 0.3) is 10.4 Å². The van der Waals surface area contributed by atoms with Gasteiger partial charge in [-0.05, 0) is 23.9 Å². The third-order valence-electron chi connectivity index (χ3n) is 7.45. The number of piperazine rings is 1. The van der Waals surface area contributed by atoms with Crippen LogP contribution < -0.4 is 5.32 Å². The van der Waals surface area contributed by atoms with Crippen molar-refractivity contribution in [2.45, 2.75) is 64.7 Å². The van der Waals surface area contributed by atoms with Gasteiger partial charge in [0.25, 0.3) is 0 Å². The number of amides is 3. The summed E-state index contributed by atoms with van der Waals surface area (Å²) in [5, 5.41) is 19.2. The number of nitrogens with one attached hydrogen (secondary N) is 1. The molecule has 0 aliphatic carbocycles. The van der Waals surface area contributed by atoms with E-state index in [9.17, 15) is 14.9 Å². The van der Waals surface area contributed by atoms with Crippen LogP contribution in [0, 0.1) is 17.2 Å². The molecule has 202 valence electrons. The predicted molar refractivity (Wildman–Crippen MR) is 139 cm³/mol. The number of hydrogen-bond acceptors (Lipinski definition) is 7. The first-order valence-corrected chi connectivity index (χ1v) is 13.3. The summed E-state index contributed by atoms with van der Waals surface area (Å²) >= 11 is 0. The van der Waals surface area contributed by atoms with Crippen LogP contribution in [0.2, 0.25) is 0 Å². The second-order valence-electron chi connectivity index (χ2n) is 9.74. The molecule has 0 radical (unpaired) electrons. The van der Waals surface area contributed by atoms with Gasteiger partial charge < -0.3 is 20.0 Å². The van der Waals surface area contributed by atoms with Crippen molar-refractivity contribution in [3.8, 4) is 6.07 Å². The van der Waals surface area contributed by atoms with Crippen molar-refractivity contribution in [3.63, 3.8) is 0 Å². The summed E-state index contributed by atoms with van der Waals surface area (Å²) < 4.78 is 0. The number of azide groups is 1. The molecule has 0 saturated carbocycles. The van der Waals surface area contributed by atoms with E-state index < -0.39 is 12.2 Å². The van der Waals surface area contributed by atoms with Crippen LogP contribution in [0.15, 0.2) is 47.1 Å². The zero-order valence-electron chi connectivity index (χ0n) is 22.0. The minimum atomic E-state index is -0.572. The van der Waals surface area contributed by atoms with Crippen LogP contribution in [0.5, 0.6) is 0 Å². The number of nitrogens with zero attached hydrogens (tertiary/aromatic N) is 8. The van der Waals surface area contributed by atoms with E-state index in [0.717, 1.165) is 31.2 Å². The molecule has 1 aromatic rings. The zero-order valence-corrected chi connectivity index (χ0v) is 22.0. The molecule has 3 aliphatic rings. The van der Waals surface area contributed by atoms with Gasteiger partial charge in [-0.15, -0.1) is 0 Å². The topological polar surface area (TPSA) is 141 Å². The Morgan fingerprint density at radius 2 is 2.05 bits per heavy atom. The fourth-order valence-electron chi connectivity index (χ4n) is 5.71. The van der Waals surface area contributed by atoms with Crippen LogP contribution in [0.1, 0.15) is 51.5 Å². The minimum absolute atomic E-state index is 0.0139. The standard InChI is InChI=1S/C26H35N9O3/c1-3-5-6-10-14-32-18-22-34-21(24(38-31-30-28)20(4-2)23(34)25(32)36)17-33(15-13-27)35(22)26(37)29-16-19-11-8-7-9-12-19/h7-9,11-12,20,22-23H,3-6,10,14-18H2,1-2H3,(H,29,37)/t20?,22?,23-/m0/s1. The number of nitriles is 1. The Labute approximate surface area is 222 Å². The molecular formula is C26H35N9O3. The van der Waals surface area contributed by atoms with Gasteiger partial charge in [0.1, 0.15) is 29.8 Å². The summed E-state index contributed by atoms with van der Waals surface area (Å²) in [6, 6.07) is 10.9. The van der Waals surface area contributed by atoms with Crippen LogP contribution in [0.3, 0.4) is 0 Å². The van der Waals surface area contributed by atoms with Gasteiger partial charge in [-0.3, -0.25) is 4.79 Å². The fraction of sp³-hybridized carbons (Fsp3) is 0.577. The Bertz CT molecular complexity index is 1130. The van der Waals surface area contributed by atoms with Crippen molar-refractivity contribution in [1.82, 2.24) is 25.1 Å². The molecule has 1 N–H and O–H groups in total. The SMILES string of the molecule is CCCCCCN1CC2N3C(=C(ON=[N+]=[N-])C(CC)[C@H]3C1=O)CN(CC#N)N2C(=O)NCc1ccccc1. The highest BCUT2D eigenvalue weighted by Gasteiger charge is 2.57. The van der Waals surface area contributed by atoms with Gasteiger partial charge in [0.15, 0.2) is 0 Å². The number of hydrazine groups is 1. The van der Waals surface area contributed by atoms with Gasteiger partial charge in [0.2, 0.25) is 5.91 Å². The Balaban J connectivity index is 1.68. The maximum Gasteiger partial charge on any atom is 0.334 e. The first kappa shape index (κ1) is 27.1. The lowest BCUT2D eigenvalue weighted by Gasteiger charge is -2.55. The summed E-state index contributed by atoms with van der Waals surface area (Å²) in [5.74, 6) is 0.0917. The third-order valence-corrected chi connectivity index (χ3v) is 7.45. The van der Waals surface area contributed by atoms with Crippen molar-refractivity contribution < 1.29 is 14.4 Å². The van der Waals surface area contributed by atoms with E-state index in [0.29, 0.717) is 37.5 Å². The molecule has 2 fully saturated rings. The summed E-state index contributed by atoms with van der Waals surface area (Å²) in [6.45, 7) is 5.47. The highest BCUT2D eigenvalue weighted by molar-refractivity contribution is 5.85. The highest BCUT2D eigenvalue weighted by Crippen LogP contribution is 2.45. The van der Waals surface area contributed by atoms with Crippen molar-refractivity contribution in [2.75, 3.05) is 26.2 Å². The van der Waals surface area contributed by atoms with E-state index in [1.54, 1.807) is 10.0 Å². The van der Waals surface area contributed by atoms with E-state index in [2.05, 4.69) is 28.5 Å². The lowest BCUT2D eigenvalue weighted by Crippen LogP contribution is -2.73. The van der Waals surface area contributed by atoms with Gasteiger partial charge >= 0.3 is 6.03 Å². The Morgan fingerprint density at radius 1 is 1.26 bits per heavy atom.